The van der Waals surface area contributed by atoms with Gasteiger partial charge in [0.05, 0.1) is 26.9 Å². The SMILES string of the molecule is O=[N+]([O-])c1cc([N+](=O)[O-])c(OP2(=S)Oc3ccc(Cl)cc3Cc3cc(Cl)ccc3O2)c([N+](=O)[O-])c1. The van der Waals surface area contributed by atoms with Gasteiger partial charge in [0.25, 0.3) is 11.4 Å². The molecule has 0 atom stereocenters. The predicted octanol–water partition coefficient (Wildman–Crippen LogP) is 6.38. The van der Waals surface area contributed by atoms with Gasteiger partial charge in [-0.05, 0) is 36.4 Å². The Kier molecular flexibility index (Phi) is 6.52. The molecule has 3 aromatic carbocycles. The fraction of sp³-hybridized carbons (Fsp3) is 0.0526. The summed E-state index contributed by atoms with van der Waals surface area (Å²) in [4.78, 5) is 31.3. The van der Waals surface area contributed by atoms with Crippen molar-refractivity contribution in [3.8, 4) is 17.2 Å². The van der Waals surface area contributed by atoms with Crippen molar-refractivity contribution in [1.29, 1.82) is 0 Å². The Morgan fingerprint density at radius 2 is 1.26 bits per heavy atom. The summed E-state index contributed by atoms with van der Waals surface area (Å²) in [7, 11) is 0. The highest BCUT2D eigenvalue weighted by molar-refractivity contribution is 8.08. The number of nitro groups is 3. The van der Waals surface area contributed by atoms with Crippen molar-refractivity contribution >= 4 is 58.8 Å². The number of nitrogens with zero attached hydrogens (tertiary/aromatic N) is 3. The number of nitro benzene ring substituents is 3. The lowest BCUT2D eigenvalue weighted by atomic mass is 10.0. The minimum atomic E-state index is -4.11. The second kappa shape index (κ2) is 9.27. The number of non-ortho nitro benzene ring substituents is 1. The maximum Gasteiger partial charge on any atom is 0.490 e. The van der Waals surface area contributed by atoms with Crippen LogP contribution in [0.25, 0.3) is 0 Å². The van der Waals surface area contributed by atoms with Crippen molar-refractivity contribution in [3.05, 3.63) is 100 Å². The summed E-state index contributed by atoms with van der Waals surface area (Å²) in [5.41, 5.74) is -1.90. The summed E-state index contributed by atoms with van der Waals surface area (Å²) < 4.78 is 17.2. The fourth-order valence-electron chi connectivity index (χ4n) is 3.22. The summed E-state index contributed by atoms with van der Waals surface area (Å²) in [6, 6.07) is 10.2. The normalized spacial score (nSPS) is 13.7. The van der Waals surface area contributed by atoms with Gasteiger partial charge in [0.2, 0.25) is 0 Å². The smallest absolute Gasteiger partial charge is 0.407 e. The highest BCUT2D eigenvalue weighted by Crippen LogP contribution is 2.57. The molecule has 35 heavy (non-hydrogen) atoms. The zero-order chi connectivity index (χ0) is 25.5. The van der Waals surface area contributed by atoms with Gasteiger partial charge < -0.3 is 13.6 Å². The molecule has 0 amide bonds. The van der Waals surface area contributed by atoms with E-state index in [1.165, 1.54) is 24.3 Å². The third-order valence-electron chi connectivity index (χ3n) is 4.69. The minimum absolute atomic E-state index is 0.163. The zero-order valence-electron chi connectivity index (χ0n) is 17.0. The molecule has 0 fully saturated rings. The van der Waals surface area contributed by atoms with Crippen LogP contribution < -0.4 is 13.6 Å². The lowest BCUT2D eigenvalue weighted by molar-refractivity contribution is -0.404. The second-order valence-electron chi connectivity index (χ2n) is 6.99. The lowest BCUT2D eigenvalue weighted by Crippen LogP contribution is -2.13. The Balaban J connectivity index is 1.91. The summed E-state index contributed by atoms with van der Waals surface area (Å²) in [6.45, 7) is -4.11. The van der Waals surface area contributed by atoms with Crippen LogP contribution in [0.5, 0.6) is 17.2 Å². The Morgan fingerprint density at radius 3 is 1.66 bits per heavy atom. The molecule has 0 spiro atoms. The maximum atomic E-state index is 11.7. The van der Waals surface area contributed by atoms with E-state index in [4.69, 9.17) is 48.6 Å². The van der Waals surface area contributed by atoms with Crippen molar-refractivity contribution in [2.24, 2.45) is 0 Å². The first kappa shape index (κ1) is 24.6. The summed E-state index contributed by atoms with van der Waals surface area (Å²) in [6.07, 6.45) is 0.263. The molecule has 4 rings (SSSR count). The van der Waals surface area contributed by atoms with Crippen molar-refractivity contribution in [3.63, 3.8) is 0 Å². The monoisotopic (exact) mass is 557 g/mol. The molecule has 0 aliphatic carbocycles. The second-order valence-corrected chi connectivity index (χ2v) is 10.6. The molecule has 1 aliphatic heterocycles. The van der Waals surface area contributed by atoms with E-state index in [9.17, 15) is 30.3 Å². The third kappa shape index (κ3) is 5.13. The molecule has 180 valence electrons. The number of hydrogen-bond donors (Lipinski definition) is 0. The van der Waals surface area contributed by atoms with Crippen LogP contribution in [0, 0.1) is 30.3 Å². The van der Waals surface area contributed by atoms with Crippen LogP contribution >= 0.6 is 29.9 Å². The number of halogens is 2. The molecule has 1 heterocycles. The van der Waals surface area contributed by atoms with E-state index in [0.29, 0.717) is 33.3 Å². The molecule has 0 saturated carbocycles. The van der Waals surface area contributed by atoms with Gasteiger partial charge in [0, 0.05) is 39.4 Å². The van der Waals surface area contributed by atoms with Crippen LogP contribution in [-0.4, -0.2) is 14.8 Å². The summed E-state index contributed by atoms with van der Waals surface area (Å²) >= 11 is 17.7. The van der Waals surface area contributed by atoms with Gasteiger partial charge in [-0.2, -0.15) is 0 Å². The van der Waals surface area contributed by atoms with Crippen molar-refractivity contribution in [1.82, 2.24) is 0 Å². The number of rotatable bonds is 5. The van der Waals surface area contributed by atoms with Crippen LogP contribution in [0.15, 0.2) is 48.5 Å². The number of hydrogen-bond acceptors (Lipinski definition) is 10. The van der Waals surface area contributed by atoms with Gasteiger partial charge in [-0.1, -0.05) is 23.2 Å². The standard InChI is InChI=1S/C19H10Cl2N3O9PS/c20-12-1-3-17-10(6-12)5-11-7-13(21)2-4-18(11)32-34(35,31-17)33-19-15(23(27)28)8-14(22(25)26)9-16(19)24(29)30/h1-4,6-9H,5H2. The molecule has 0 unspecified atom stereocenters. The van der Waals surface area contributed by atoms with E-state index in [1.807, 2.05) is 0 Å². The van der Waals surface area contributed by atoms with E-state index in [2.05, 4.69) is 0 Å². The van der Waals surface area contributed by atoms with Crippen LogP contribution in [-0.2, 0) is 18.2 Å². The Bertz CT molecular complexity index is 1380. The predicted molar refractivity (Wildman–Crippen MR) is 128 cm³/mol. The minimum Gasteiger partial charge on any atom is -0.407 e. The lowest BCUT2D eigenvalue weighted by Gasteiger charge is -2.27. The molecular weight excluding hydrogens is 548 g/mol. The number of benzene rings is 3. The topological polar surface area (TPSA) is 157 Å². The van der Waals surface area contributed by atoms with Crippen molar-refractivity contribution in [2.45, 2.75) is 6.42 Å². The molecule has 0 radical (unpaired) electrons. The molecular formula is C19H10Cl2N3O9PS. The Labute approximate surface area is 210 Å². The highest BCUT2D eigenvalue weighted by Gasteiger charge is 2.39. The van der Waals surface area contributed by atoms with E-state index < -0.39 is 44.3 Å². The third-order valence-corrected chi connectivity index (χ3v) is 7.08. The quantitative estimate of drug-likeness (QED) is 0.195. The van der Waals surface area contributed by atoms with Crippen LogP contribution in [0.2, 0.25) is 10.0 Å². The molecule has 1 aliphatic rings. The van der Waals surface area contributed by atoms with Gasteiger partial charge in [-0.25, -0.2) is 0 Å². The summed E-state index contributed by atoms with van der Waals surface area (Å²) in [5, 5.41) is 35.2. The molecule has 0 saturated heterocycles. The molecule has 12 nitrogen and oxygen atoms in total. The van der Waals surface area contributed by atoms with E-state index in [0.717, 1.165) is 0 Å². The highest BCUT2D eigenvalue weighted by atomic mass is 35.5. The molecule has 0 N–H and O–H groups in total. The van der Waals surface area contributed by atoms with Gasteiger partial charge in [0.15, 0.2) is 0 Å². The van der Waals surface area contributed by atoms with Gasteiger partial charge in [-0.3, -0.25) is 30.3 Å². The molecule has 3 aromatic rings. The Hall–Kier alpha value is -3.51. The fourth-order valence-corrected chi connectivity index (χ4v) is 5.67. The first-order chi connectivity index (χ1) is 16.5. The number of fused-ring (bicyclic) bond motifs is 2. The maximum absolute atomic E-state index is 11.7. The summed E-state index contributed by atoms with van der Waals surface area (Å²) in [5.74, 6) is -0.619. The van der Waals surface area contributed by atoms with Crippen molar-refractivity contribution < 1.29 is 28.3 Å². The van der Waals surface area contributed by atoms with E-state index in [1.54, 1.807) is 12.1 Å². The molecule has 16 heteroatoms. The zero-order valence-corrected chi connectivity index (χ0v) is 20.2. The first-order valence-corrected chi connectivity index (χ1v) is 12.6. The van der Waals surface area contributed by atoms with Crippen LogP contribution in [0.1, 0.15) is 11.1 Å². The Morgan fingerprint density at radius 1 is 0.800 bits per heavy atom. The van der Waals surface area contributed by atoms with Crippen LogP contribution in [0.3, 0.4) is 0 Å². The van der Waals surface area contributed by atoms with Gasteiger partial charge in [-0.15, -0.1) is 0 Å². The average molecular weight is 558 g/mol. The van der Waals surface area contributed by atoms with E-state index in [-0.39, 0.29) is 17.9 Å². The van der Waals surface area contributed by atoms with Gasteiger partial charge in [0.1, 0.15) is 11.5 Å². The van der Waals surface area contributed by atoms with E-state index >= 15 is 0 Å². The van der Waals surface area contributed by atoms with Gasteiger partial charge >= 0.3 is 18.1 Å². The molecule has 0 bridgehead atoms. The molecule has 0 aromatic heterocycles. The average Bonchev–Trinajstić information content (AvgIpc) is 2.76. The van der Waals surface area contributed by atoms with Crippen LogP contribution in [0.4, 0.5) is 17.1 Å². The first-order valence-electron chi connectivity index (χ1n) is 9.32. The largest absolute Gasteiger partial charge is 0.490 e. The van der Waals surface area contributed by atoms with Crippen molar-refractivity contribution in [2.75, 3.05) is 0 Å².